The quantitative estimate of drug-likeness (QED) is 0.701. The fraction of sp³-hybridized carbons (Fsp3) is 1.00. The molecule has 14 heavy (non-hydrogen) atoms. The number of likely N-dealkylation sites (tertiary alicyclic amines) is 1. The van der Waals surface area contributed by atoms with Gasteiger partial charge in [-0.25, -0.2) is 8.42 Å². The molecule has 0 aromatic heterocycles. The lowest BCUT2D eigenvalue weighted by molar-refractivity contribution is 0.184. The van der Waals surface area contributed by atoms with Crippen LogP contribution in [0, 0.1) is 5.92 Å². The van der Waals surface area contributed by atoms with Crippen molar-refractivity contribution in [2.75, 3.05) is 25.4 Å². The van der Waals surface area contributed by atoms with Gasteiger partial charge in [0.1, 0.15) is 0 Å². The van der Waals surface area contributed by atoms with Crippen LogP contribution in [-0.2, 0) is 9.05 Å². The van der Waals surface area contributed by atoms with E-state index in [-0.39, 0.29) is 5.75 Å². The summed E-state index contributed by atoms with van der Waals surface area (Å²) in [5.41, 5.74) is 0. The first-order chi connectivity index (χ1) is 6.47. The second kappa shape index (κ2) is 5.33. The molecule has 0 N–H and O–H groups in total. The zero-order valence-electron chi connectivity index (χ0n) is 8.58. The molecule has 1 aliphatic rings. The lowest BCUT2D eigenvalue weighted by Crippen LogP contribution is -2.35. The van der Waals surface area contributed by atoms with Crippen LogP contribution in [-0.4, -0.2) is 38.7 Å². The van der Waals surface area contributed by atoms with Gasteiger partial charge in [-0.3, -0.25) is 0 Å². The first kappa shape index (κ1) is 12.3. The normalized spacial score (nSPS) is 25.1. The molecule has 0 spiro atoms. The van der Waals surface area contributed by atoms with Crippen molar-refractivity contribution >= 4 is 19.7 Å². The highest BCUT2D eigenvalue weighted by molar-refractivity contribution is 8.13. The van der Waals surface area contributed by atoms with Gasteiger partial charge in [0.2, 0.25) is 9.05 Å². The first-order valence-electron chi connectivity index (χ1n) is 5.12. The van der Waals surface area contributed by atoms with Crippen molar-refractivity contribution in [1.29, 1.82) is 0 Å². The number of halogens is 1. The fourth-order valence-corrected chi connectivity index (χ4v) is 2.75. The molecule has 0 amide bonds. The van der Waals surface area contributed by atoms with E-state index in [2.05, 4.69) is 11.8 Å². The van der Waals surface area contributed by atoms with Crippen LogP contribution >= 0.6 is 10.7 Å². The number of piperidine rings is 1. The Balaban J connectivity index is 2.18. The summed E-state index contributed by atoms with van der Waals surface area (Å²) in [7, 11) is 1.84. The molecule has 0 unspecified atom stereocenters. The lowest BCUT2D eigenvalue weighted by atomic mass is 10.0. The third kappa shape index (κ3) is 5.17. The Morgan fingerprint density at radius 3 is 2.79 bits per heavy atom. The minimum atomic E-state index is -3.29. The van der Waals surface area contributed by atoms with E-state index in [0.717, 1.165) is 25.6 Å². The molecule has 1 heterocycles. The Hall–Kier alpha value is 0.200. The highest BCUT2D eigenvalue weighted by Gasteiger charge is 2.16. The molecule has 0 radical (unpaired) electrons. The summed E-state index contributed by atoms with van der Waals surface area (Å²) in [6.45, 7) is 5.30. The predicted octanol–water partition coefficient (Wildman–Crippen LogP) is 1.68. The summed E-state index contributed by atoms with van der Waals surface area (Å²) in [4.78, 5) is 2.33. The van der Waals surface area contributed by atoms with Gasteiger partial charge < -0.3 is 4.90 Å². The van der Waals surface area contributed by atoms with Crippen LogP contribution in [0.5, 0.6) is 0 Å². The van der Waals surface area contributed by atoms with E-state index in [1.165, 1.54) is 12.8 Å². The number of hydrogen-bond donors (Lipinski definition) is 0. The second-order valence-electron chi connectivity index (χ2n) is 4.14. The molecule has 5 heteroatoms. The largest absolute Gasteiger partial charge is 0.303 e. The smallest absolute Gasteiger partial charge is 0.232 e. The number of rotatable bonds is 4. The van der Waals surface area contributed by atoms with Gasteiger partial charge in [0, 0.05) is 17.2 Å². The van der Waals surface area contributed by atoms with Crippen molar-refractivity contribution in [2.45, 2.75) is 26.2 Å². The summed E-state index contributed by atoms with van der Waals surface area (Å²) in [5.74, 6) is 0.843. The van der Waals surface area contributed by atoms with Gasteiger partial charge in [-0.15, -0.1) is 0 Å². The van der Waals surface area contributed by atoms with Crippen LogP contribution in [0.25, 0.3) is 0 Å². The average molecular weight is 240 g/mol. The van der Waals surface area contributed by atoms with Crippen molar-refractivity contribution < 1.29 is 8.42 Å². The Morgan fingerprint density at radius 2 is 2.21 bits per heavy atom. The van der Waals surface area contributed by atoms with Crippen molar-refractivity contribution in [3.63, 3.8) is 0 Å². The number of nitrogens with zero attached hydrogens (tertiary/aromatic N) is 1. The van der Waals surface area contributed by atoms with E-state index in [9.17, 15) is 8.42 Å². The molecule has 1 atom stereocenters. The summed E-state index contributed by atoms with van der Waals surface area (Å²) in [6, 6.07) is 0. The fourth-order valence-electron chi connectivity index (χ4n) is 1.95. The lowest BCUT2D eigenvalue weighted by Gasteiger charge is -2.30. The third-order valence-corrected chi connectivity index (χ3v) is 3.84. The van der Waals surface area contributed by atoms with Crippen molar-refractivity contribution in [2.24, 2.45) is 5.92 Å². The molecular formula is C9H18ClNO2S. The van der Waals surface area contributed by atoms with Crippen LogP contribution in [0.3, 0.4) is 0 Å². The SMILES string of the molecule is C[C@@H]1CCCN(CCCS(=O)(=O)Cl)C1. The van der Waals surface area contributed by atoms with Crippen molar-refractivity contribution in [3.8, 4) is 0 Å². The maximum absolute atomic E-state index is 10.7. The molecule has 84 valence electrons. The average Bonchev–Trinajstić information content (AvgIpc) is 2.01. The maximum Gasteiger partial charge on any atom is 0.232 e. The Kier molecular flexibility index (Phi) is 4.67. The van der Waals surface area contributed by atoms with Crippen LogP contribution in [0.15, 0.2) is 0 Å². The third-order valence-electron chi connectivity index (χ3n) is 2.60. The van der Waals surface area contributed by atoms with E-state index in [0.29, 0.717) is 6.42 Å². The van der Waals surface area contributed by atoms with E-state index in [1.54, 1.807) is 0 Å². The van der Waals surface area contributed by atoms with E-state index in [1.807, 2.05) is 0 Å². The monoisotopic (exact) mass is 239 g/mol. The zero-order chi connectivity index (χ0) is 10.6. The molecule has 0 aliphatic carbocycles. The standard InChI is InChI=1S/C9H18ClNO2S/c1-9-4-2-5-11(8-9)6-3-7-14(10,12)13/h9H,2-8H2,1H3/t9-/m1/s1. The van der Waals surface area contributed by atoms with E-state index in [4.69, 9.17) is 10.7 Å². The zero-order valence-corrected chi connectivity index (χ0v) is 10.1. The molecule has 0 saturated carbocycles. The predicted molar refractivity (Wildman–Crippen MR) is 59.1 cm³/mol. The van der Waals surface area contributed by atoms with Gasteiger partial charge in [0.25, 0.3) is 0 Å². The molecule has 1 aliphatic heterocycles. The van der Waals surface area contributed by atoms with Gasteiger partial charge in [-0.05, 0) is 38.3 Å². The Labute approximate surface area is 90.8 Å². The highest BCUT2D eigenvalue weighted by atomic mass is 35.7. The Bertz CT molecular complexity index is 266. The maximum atomic E-state index is 10.7. The van der Waals surface area contributed by atoms with Gasteiger partial charge in [0.15, 0.2) is 0 Å². The van der Waals surface area contributed by atoms with Gasteiger partial charge in [0.05, 0.1) is 5.75 Å². The molecule has 1 fully saturated rings. The minimum Gasteiger partial charge on any atom is -0.303 e. The molecule has 0 aromatic rings. The second-order valence-corrected chi connectivity index (χ2v) is 7.04. The Morgan fingerprint density at radius 1 is 1.50 bits per heavy atom. The summed E-state index contributed by atoms with van der Waals surface area (Å²) < 4.78 is 21.4. The molecule has 0 bridgehead atoms. The molecular weight excluding hydrogens is 222 g/mol. The summed E-state index contributed by atoms with van der Waals surface area (Å²) in [6.07, 6.45) is 3.18. The molecule has 1 saturated heterocycles. The molecule has 3 nitrogen and oxygen atoms in total. The molecule has 0 aromatic carbocycles. The topological polar surface area (TPSA) is 37.4 Å². The van der Waals surface area contributed by atoms with Gasteiger partial charge in [-0.2, -0.15) is 0 Å². The van der Waals surface area contributed by atoms with Crippen LogP contribution < -0.4 is 0 Å². The number of hydrogen-bond acceptors (Lipinski definition) is 3. The van der Waals surface area contributed by atoms with Crippen molar-refractivity contribution in [1.82, 2.24) is 4.90 Å². The van der Waals surface area contributed by atoms with Crippen LogP contribution in [0.2, 0.25) is 0 Å². The first-order valence-corrected chi connectivity index (χ1v) is 7.60. The molecule has 1 rings (SSSR count). The van der Waals surface area contributed by atoms with E-state index >= 15 is 0 Å². The van der Waals surface area contributed by atoms with Crippen molar-refractivity contribution in [3.05, 3.63) is 0 Å². The summed E-state index contributed by atoms with van der Waals surface area (Å²) >= 11 is 0. The van der Waals surface area contributed by atoms with Gasteiger partial charge in [-0.1, -0.05) is 6.92 Å². The minimum absolute atomic E-state index is 0.0967. The van der Waals surface area contributed by atoms with Crippen LogP contribution in [0.1, 0.15) is 26.2 Å². The van der Waals surface area contributed by atoms with E-state index < -0.39 is 9.05 Å². The highest BCUT2D eigenvalue weighted by Crippen LogP contribution is 2.15. The summed E-state index contributed by atoms with van der Waals surface area (Å²) in [5, 5.41) is 0. The van der Waals surface area contributed by atoms with Gasteiger partial charge >= 0.3 is 0 Å². The van der Waals surface area contributed by atoms with Crippen LogP contribution in [0.4, 0.5) is 0 Å².